The molecule has 4 aliphatic rings. The van der Waals surface area contributed by atoms with E-state index in [0.717, 1.165) is 0 Å². The summed E-state index contributed by atoms with van der Waals surface area (Å²) >= 11 is 0. The molecular formula is C14H22. The number of fused-ring (bicyclic) bond motifs is 7. The minimum Gasteiger partial charge on any atom is -0.0527 e. The molecule has 0 spiro atoms. The normalized spacial score (nSPS) is 60.0. The number of rotatable bonds is 0. The Balaban J connectivity index is 1.67. The molecule has 0 heterocycles. The molecule has 0 amide bonds. The van der Waals surface area contributed by atoms with Gasteiger partial charge in [0.1, 0.15) is 0 Å². The molecule has 0 aliphatic heterocycles. The van der Waals surface area contributed by atoms with Gasteiger partial charge in [-0.2, -0.15) is 0 Å². The Morgan fingerprint density at radius 3 is 2.21 bits per heavy atom. The van der Waals surface area contributed by atoms with Gasteiger partial charge in [-0.05, 0) is 74.0 Å². The van der Waals surface area contributed by atoms with Crippen molar-refractivity contribution >= 4 is 0 Å². The topological polar surface area (TPSA) is 0 Å². The highest BCUT2D eigenvalue weighted by atomic mass is 14.6. The molecular weight excluding hydrogens is 168 g/mol. The van der Waals surface area contributed by atoms with Gasteiger partial charge in [-0.25, -0.2) is 0 Å². The molecule has 6 atom stereocenters. The quantitative estimate of drug-likeness (QED) is 0.544. The summed E-state index contributed by atoms with van der Waals surface area (Å²) in [6, 6.07) is 0. The second-order valence-corrected chi connectivity index (χ2v) is 6.51. The van der Waals surface area contributed by atoms with Gasteiger partial charge < -0.3 is 0 Å². The smallest absolute Gasteiger partial charge is 0.0324 e. The lowest BCUT2D eigenvalue weighted by Crippen LogP contribution is -2.37. The largest absolute Gasteiger partial charge is 0.0527 e. The first-order chi connectivity index (χ1) is 6.93. The van der Waals surface area contributed by atoms with E-state index in [1.54, 1.807) is 51.4 Å². The molecule has 0 radical (unpaired) electrons. The number of hydrogen-bond acceptors (Lipinski definition) is 0. The lowest BCUT2D eigenvalue weighted by molar-refractivity contribution is 0.0477. The molecule has 0 aromatic heterocycles. The summed E-state index contributed by atoms with van der Waals surface area (Å²) in [5.74, 6) is 7.18. The van der Waals surface area contributed by atoms with E-state index in [-0.39, 0.29) is 0 Å². The molecule has 78 valence electrons. The fraction of sp³-hybridized carbons (Fsp3) is 1.00. The van der Waals surface area contributed by atoms with Crippen molar-refractivity contribution in [2.24, 2.45) is 35.5 Å². The van der Waals surface area contributed by atoms with Gasteiger partial charge in [-0.15, -0.1) is 0 Å². The van der Waals surface area contributed by atoms with Crippen molar-refractivity contribution in [3.63, 3.8) is 0 Å². The average molecular weight is 190 g/mol. The Bertz CT molecular complexity index is 244. The summed E-state index contributed by atoms with van der Waals surface area (Å²) < 4.78 is 0. The highest BCUT2D eigenvalue weighted by Gasteiger charge is 2.54. The van der Waals surface area contributed by atoms with Gasteiger partial charge >= 0.3 is 0 Å². The first-order valence-corrected chi connectivity index (χ1v) is 6.93. The summed E-state index contributed by atoms with van der Waals surface area (Å²) in [6.07, 6.45) is 12.8. The summed E-state index contributed by atoms with van der Waals surface area (Å²) in [6.45, 7) is 0. The van der Waals surface area contributed by atoms with Gasteiger partial charge in [0, 0.05) is 0 Å². The van der Waals surface area contributed by atoms with Gasteiger partial charge in [0.05, 0.1) is 0 Å². The first kappa shape index (κ1) is 8.19. The maximum absolute atomic E-state index is 1.64. The van der Waals surface area contributed by atoms with Crippen molar-refractivity contribution in [3.8, 4) is 0 Å². The molecule has 4 fully saturated rings. The van der Waals surface area contributed by atoms with Crippen LogP contribution in [0.5, 0.6) is 0 Å². The number of hydrogen-bond donors (Lipinski definition) is 0. The maximum Gasteiger partial charge on any atom is -0.0324 e. The van der Waals surface area contributed by atoms with Crippen LogP contribution >= 0.6 is 0 Å². The second-order valence-electron chi connectivity index (χ2n) is 6.51. The van der Waals surface area contributed by atoms with Crippen LogP contribution in [-0.2, 0) is 0 Å². The molecule has 0 heteroatoms. The van der Waals surface area contributed by atoms with E-state index < -0.39 is 0 Å². The summed E-state index contributed by atoms with van der Waals surface area (Å²) in [4.78, 5) is 0. The maximum atomic E-state index is 1.64. The Kier molecular flexibility index (Phi) is 1.62. The third-order valence-corrected chi connectivity index (χ3v) is 6.24. The van der Waals surface area contributed by atoms with Crippen molar-refractivity contribution in [2.45, 2.75) is 51.4 Å². The molecule has 0 aromatic rings. The minimum atomic E-state index is 1.18. The van der Waals surface area contributed by atoms with Crippen LogP contribution in [0.2, 0.25) is 0 Å². The Morgan fingerprint density at radius 1 is 0.571 bits per heavy atom. The molecule has 0 N–H and O–H groups in total. The summed E-state index contributed by atoms with van der Waals surface area (Å²) in [5, 5.41) is 0. The average Bonchev–Trinajstić information content (AvgIpc) is 2.69. The van der Waals surface area contributed by atoms with Gasteiger partial charge in [0.2, 0.25) is 0 Å². The lowest BCUT2D eigenvalue weighted by Gasteiger charge is -2.44. The third kappa shape index (κ3) is 0.907. The molecule has 0 saturated heterocycles. The Morgan fingerprint density at radius 2 is 1.36 bits per heavy atom. The highest BCUT2D eigenvalue weighted by molar-refractivity contribution is 5.03. The van der Waals surface area contributed by atoms with Crippen LogP contribution in [0.1, 0.15) is 51.4 Å². The monoisotopic (exact) mass is 190 g/mol. The molecule has 14 heavy (non-hydrogen) atoms. The van der Waals surface area contributed by atoms with E-state index in [1.165, 1.54) is 35.5 Å². The van der Waals surface area contributed by atoms with Gasteiger partial charge in [0.25, 0.3) is 0 Å². The predicted octanol–water partition coefficient (Wildman–Crippen LogP) is 3.86. The van der Waals surface area contributed by atoms with Gasteiger partial charge in [0.15, 0.2) is 0 Å². The standard InChI is InChI=1S/C14H22/c1-2-9-6-7-13(9)14-11-5-4-10(8-11)12(14)3-1/h9-14H,1-8H2. The zero-order valence-electron chi connectivity index (χ0n) is 9.12. The molecule has 2 bridgehead atoms. The van der Waals surface area contributed by atoms with E-state index in [1.807, 2.05) is 0 Å². The Hall–Kier alpha value is 0. The van der Waals surface area contributed by atoms with E-state index in [4.69, 9.17) is 0 Å². The molecule has 0 aromatic carbocycles. The molecule has 0 nitrogen and oxygen atoms in total. The van der Waals surface area contributed by atoms with Crippen molar-refractivity contribution in [3.05, 3.63) is 0 Å². The summed E-state index contributed by atoms with van der Waals surface area (Å²) in [7, 11) is 0. The van der Waals surface area contributed by atoms with Gasteiger partial charge in [-0.1, -0.05) is 12.8 Å². The lowest BCUT2D eigenvalue weighted by atomic mass is 9.61. The van der Waals surface area contributed by atoms with Crippen LogP contribution in [0.15, 0.2) is 0 Å². The zero-order chi connectivity index (χ0) is 9.12. The highest BCUT2D eigenvalue weighted by Crippen LogP contribution is 2.62. The zero-order valence-corrected chi connectivity index (χ0v) is 9.12. The van der Waals surface area contributed by atoms with Crippen LogP contribution in [-0.4, -0.2) is 0 Å². The Labute approximate surface area is 87.5 Å². The first-order valence-electron chi connectivity index (χ1n) is 6.93. The van der Waals surface area contributed by atoms with Crippen molar-refractivity contribution in [1.29, 1.82) is 0 Å². The second kappa shape index (κ2) is 2.77. The van der Waals surface area contributed by atoms with Crippen molar-refractivity contribution in [1.82, 2.24) is 0 Å². The SMILES string of the molecule is C1CC2CCC2C2C3CCC(C3)C2C1. The van der Waals surface area contributed by atoms with Crippen LogP contribution in [0, 0.1) is 35.5 Å². The van der Waals surface area contributed by atoms with E-state index in [2.05, 4.69) is 0 Å². The van der Waals surface area contributed by atoms with Crippen molar-refractivity contribution in [2.75, 3.05) is 0 Å². The fourth-order valence-corrected chi connectivity index (χ4v) is 5.63. The van der Waals surface area contributed by atoms with Crippen LogP contribution in [0.4, 0.5) is 0 Å². The van der Waals surface area contributed by atoms with E-state index in [9.17, 15) is 0 Å². The third-order valence-electron chi connectivity index (χ3n) is 6.24. The van der Waals surface area contributed by atoms with E-state index in [0.29, 0.717) is 0 Å². The molecule has 4 saturated carbocycles. The van der Waals surface area contributed by atoms with Crippen LogP contribution < -0.4 is 0 Å². The predicted molar refractivity (Wildman–Crippen MR) is 57.9 cm³/mol. The fourth-order valence-electron chi connectivity index (χ4n) is 5.63. The van der Waals surface area contributed by atoms with E-state index >= 15 is 0 Å². The molecule has 4 rings (SSSR count). The van der Waals surface area contributed by atoms with Gasteiger partial charge in [-0.3, -0.25) is 0 Å². The van der Waals surface area contributed by atoms with Crippen LogP contribution in [0.25, 0.3) is 0 Å². The summed E-state index contributed by atoms with van der Waals surface area (Å²) in [5.41, 5.74) is 0. The minimum absolute atomic E-state index is 1.18. The van der Waals surface area contributed by atoms with Crippen molar-refractivity contribution < 1.29 is 0 Å². The van der Waals surface area contributed by atoms with Crippen LogP contribution in [0.3, 0.4) is 0 Å². The molecule has 4 aliphatic carbocycles. The molecule has 6 unspecified atom stereocenters.